The Labute approximate surface area is 212 Å². The van der Waals surface area contributed by atoms with Gasteiger partial charge in [-0.2, -0.15) is 13.1 Å². The number of phenols is 1. The number of benzene rings is 3. The Balaban J connectivity index is 1.64. The molecule has 0 bridgehead atoms. The molecular weight excluding hydrogens is 536 g/mol. The van der Waals surface area contributed by atoms with Gasteiger partial charge < -0.3 is 9.29 Å². The fourth-order valence-corrected chi connectivity index (χ4v) is 7.80. The third-order valence-electron chi connectivity index (χ3n) is 6.23. The van der Waals surface area contributed by atoms with Crippen molar-refractivity contribution in [2.24, 2.45) is 0 Å². The number of aromatic hydroxyl groups is 1. The molecule has 4 rings (SSSR count). The highest BCUT2D eigenvalue weighted by Crippen LogP contribution is 2.48. The van der Waals surface area contributed by atoms with E-state index >= 15 is 0 Å². The Bertz CT molecular complexity index is 1470. The van der Waals surface area contributed by atoms with Gasteiger partial charge in [0.15, 0.2) is 21.3 Å². The van der Waals surface area contributed by atoms with Gasteiger partial charge in [-0.05, 0) is 80.3 Å². The maximum atomic E-state index is 15.0. The van der Waals surface area contributed by atoms with Crippen LogP contribution in [0.3, 0.4) is 0 Å². The minimum absolute atomic E-state index is 0.00780. The number of halogens is 3. The molecule has 7 nitrogen and oxygen atoms in total. The van der Waals surface area contributed by atoms with E-state index in [4.69, 9.17) is 15.8 Å². The van der Waals surface area contributed by atoms with Crippen LogP contribution in [-0.4, -0.2) is 28.0 Å². The van der Waals surface area contributed by atoms with E-state index in [1.165, 1.54) is 48.5 Å². The van der Waals surface area contributed by atoms with Gasteiger partial charge in [-0.3, -0.25) is 0 Å². The summed E-state index contributed by atoms with van der Waals surface area (Å²) in [7, 11) is -8.63. The Morgan fingerprint density at radius 2 is 1.58 bits per heavy atom. The van der Waals surface area contributed by atoms with Gasteiger partial charge in [0.05, 0.1) is 4.90 Å². The molecule has 1 aliphatic carbocycles. The SMILES string of the molecule is O=S(=O)(NC1CCC(c2cc(F)ccc2F)(S(=O)(=O)c2ccc(Cl)cc2)CC1)Oc1ccccc1O. The minimum Gasteiger partial charge on any atom is -0.504 e. The van der Waals surface area contributed by atoms with Crippen LogP contribution < -0.4 is 8.91 Å². The van der Waals surface area contributed by atoms with Crippen LogP contribution in [0.4, 0.5) is 8.78 Å². The average Bonchev–Trinajstić information content (AvgIpc) is 2.82. The van der Waals surface area contributed by atoms with Crippen molar-refractivity contribution in [1.29, 1.82) is 0 Å². The average molecular weight is 558 g/mol. The molecule has 0 radical (unpaired) electrons. The number of sulfone groups is 1. The molecule has 0 spiro atoms. The minimum atomic E-state index is -4.37. The number of para-hydroxylation sites is 2. The molecule has 0 unspecified atom stereocenters. The van der Waals surface area contributed by atoms with Gasteiger partial charge in [0.2, 0.25) is 0 Å². The van der Waals surface area contributed by atoms with Gasteiger partial charge in [-0.15, -0.1) is 0 Å². The number of hydrogen-bond donors (Lipinski definition) is 2. The summed E-state index contributed by atoms with van der Waals surface area (Å²) in [4.78, 5) is -0.113. The smallest absolute Gasteiger partial charge is 0.382 e. The van der Waals surface area contributed by atoms with Crippen molar-refractivity contribution in [3.63, 3.8) is 0 Å². The summed E-state index contributed by atoms with van der Waals surface area (Å²) in [5.74, 6) is -2.32. The lowest BCUT2D eigenvalue weighted by Crippen LogP contribution is -2.47. The first-order valence-corrected chi connectivity index (χ1v) is 14.2. The van der Waals surface area contributed by atoms with Crippen LogP contribution in [-0.2, 0) is 24.9 Å². The molecule has 3 aromatic carbocycles. The molecule has 12 heteroatoms. The second-order valence-electron chi connectivity index (χ2n) is 8.47. The highest BCUT2D eigenvalue weighted by Gasteiger charge is 2.50. The second-order valence-corrected chi connectivity index (χ2v) is 12.5. The van der Waals surface area contributed by atoms with E-state index in [0.717, 1.165) is 18.2 Å². The van der Waals surface area contributed by atoms with Crippen molar-refractivity contribution in [3.8, 4) is 11.5 Å². The Hall–Kier alpha value is -2.73. The third-order valence-corrected chi connectivity index (χ3v) is 10.0. The topological polar surface area (TPSA) is 110 Å². The summed E-state index contributed by atoms with van der Waals surface area (Å²) in [6, 6.07) is 12.8. The van der Waals surface area contributed by atoms with Crippen molar-refractivity contribution < 1.29 is 34.9 Å². The van der Waals surface area contributed by atoms with Crippen molar-refractivity contribution >= 4 is 31.7 Å². The number of nitrogens with one attached hydrogen (secondary N) is 1. The highest BCUT2D eigenvalue weighted by molar-refractivity contribution is 7.92. The van der Waals surface area contributed by atoms with Gasteiger partial charge >= 0.3 is 10.3 Å². The Kier molecular flexibility index (Phi) is 7.29. The standard InChI is InChI=1S/C24H22ClF2NO6S2/c25-16-5-8-19(9-6-16)35(30,31)24(20-15-17(26)7-10-21(20)27)13-11-18(12-14-24)28-36(32,33)34-23-4-2-1-3-22(23)29/h1-10,15,18,28-29H,11-14H2. The molecular formula is C24H22ClF2NO6S2. The van der Waals surface area contributed by atoms with Crippen LogP contribution >= 0.6 is 11.6 Å². The van der Waals surface area contributed by atoms with Crippen molar-refractivity contribution in [1.82, 2.24) is 4.72 Å². The quantitative estimate of drug-likeness (QED) is 0.430. The fraction of sp³-hybridized carbons (Fsp3) is 0.250. The molecule has 0 atom stereocenters. The van der Waals surface area contributed by atoms with Crippen molar-refractivity contribution in [3.05, 3.63) is 89.0 Å². The van der Waals surface area contributed by atoms with Crippen LogP contribution in [0, 0.1) is 11.6 Å². The second kappa shape index (κ2) is 9.97. The van der Waals surface area contributed by atoms with E-state index in [9.17, 15) is 30.7 Å². The summed E-state index contributed by atoms with van der Waals surface area (Å²) in [5.41, 5.74) is -0.316. The molecule has 1 aliphatic rings. The van der Waals surface area contributed by atoms with E-state index in [2.05, 4.69) is 4.72 Å². The van der Waals surface area contributed by atoms with Gasteiger partial charge in [0, 0.05) is 16.6 Å². The molecule has 0 aromatic heterocycles. The van der Waals surface area contributed by atoms with Crippen molar-refractivity contribution in [2.45, 2.75) is 41.4 Å². The largest absolute Gasteiger partial charge is 0.504 e. The number of phenolic OH excluding ortho intramolecular Hbond substituents is 1. The Morgan fingerprint density at radius 3 is 2.22 bits per heavy atom. The van der Waals surface area contributed by atoms with Crippen LogP contribution in [0.1, 0.15) is 31.2 Å². The van der Waals surface area contributed by atoms with Gasteiger partial charge in [-0.25, -0.2) is 17.2 Å². The summed E-state index contributed by atoms with van der Waals surface area (Å²) in [6.07, 6.45) is -0.400. The summed E-state index contributed by atoms with van der Waals surface area (Å²) >= 11 is 5.90. The molecule has 3 aromatic rings. The predicted octanol–water partition coefficient (Wildman–Crippen LogP) is 4.85. The summed E-state index contributed by atoms with van der Waals surface area (Å²) in [6.45, 7) is 0. The zero-order valence-electron chi connectivity index (χ0n) is 18.7. The van der Waals surface area contributed by atoms with Gasteiger partial charge in [0.1, 0.15) is 16.4 Å². The van der Waals surface area contributed by atoms with Gasteiger partial charge in [0.25, 0.3) is 0 Å². The lowest BCUT2D eigenvalue weighted by molar-refractivity contribution is 0.317. The van der Waals surface area contributed by atoms with E-state index < -0.39 is 42.6 Å². The third kappa shape index (κ3) is 5.19. The fourth-order valence-electron chi connectivity index (χ4n) is 4.44. The summed E-state index contributed by atoms with van der Waals surface area (Å²) < 4.78 is 87.2. The number of hydrogen-bond acceptors (Lipinski definition) is 6. The van der Waals surface area contributed by atoms with E-state index in [1.54, 1.807) is 0 Å². The molecule has 0 heterocycles. The maximum absolute atomic E-state index is 15.0. The molecule has 1 saturated carbocycles. The van der Waals surface area contributed by atoms with Crippen LogP contribution in [0.5, 0.6) is 11.5 Å². The summed E-state index contributed by atoms with van der Waals surface area (Å²) in [5, 5.41) is 10.1. The first-order chi connectivity index (χ1) is 16.9. The highest BCUT2D eigenvalue weighted by atomic mass is 35.5. The van der Waals surface area contributed by atoms with Crippen LogP contribution in [0.15, 0.2) is 71.6 Å². The first-order valence-electron chi connectivity index (χ1n) is 10.9. The van der Waals surface area contributed by atoms with Crippen LogP contribution in [0.25, 0.3) is 0 Å². The molecule has 0 amide bonds. The van der Waals surface area contributed by atoms with E-state index in [1.807, 2.05) is 0 Å². The van der Waals surface area contributed by atoms with E-state index in [0.29, 0.717) is 5.02 Å². The molecule has 36 heavy (non-hydrogen) atoms. The lowest BCUT2D eigenvalue weighted by atomic mass is 9.80. The van der Waals surface area contributed by atoms with Crippen molar-refractivity contribution in [2.75, 3.05) is 0 Å². The predicted molar refractivity (Wildman–Crippen MR) is 130 cm³/mol. The van der Waals surface area contributed by atoms with Gasteiger partial charge in [-0.1, -0.05) is 23.7 Å². The zero-order valence-corrected chi connectivity index (χ0v) is 21.1. The van der Waals surface area contributed by atoms with Crippen LogP contribution in [0.2, 0.25) is 5.02 Å². The first kappa shape index (κ1) is 26.3. The lowest BCUT2D eigenvalue weighted by Gasteiger charge is -2.40. The molecule has 0 saturated heterocycles. The monoisotopic (exact) mass is 557 g/mol. The Morgan fingerprint density at radius 1 is 0.944 bits per heavy atom. The van der Waals surface area contributed by atoms with E-state index in [-0.39, 0.29) is 47.6 Å². The number of rotatable bonds is 7. The normalized spacial score (nSPS) is 20.7. The molecule has 2 N–H and O–H groups in total. The molecule has 0 aliphatic heterocycles. The maximum Gasteiger partial charge on any atom is 0.382 e. The molecule has 192 valence electrons. The molecule has 1 fully saturated rings. The zero-order chi connectivity index (χ0) is 26.1.